The van der Waals surface area contributed by atoms with Crippen LogP contribution in [0.5, 0.6) is 11.5 Å². The largest absolute Gasteiger partial charge is 0.493 e. The average Bonchev–Trinajstić information content (AvgIpc) is 2.60. The van der Waals surface area contributed by atoms with Crippen LogP contribution >= 0.6 is 0 Å². The van der Waals surface area contributed by atoms with Crippen molar-refractivity contribution in [3.63, 3.8) is 0 Å². The first-order valence-electron chi connectivity index (χ1n) is 7.90. The van der Waals surface area contributed by atoms with E-state index in [4.69, 9.17) is 9.47 Å². The summed E-state index contributed by atoms with van der Waals surface area (Å²) in [7, 11) is -0.314. The molecule has 26 heavy (non-hydrogen) atoms. The number of benzene rings is 2. The summed E-state index contributed by atoms with van der Waals surface area (Å²) in [6.45, 7) is 0. The molecule has 0 bridgehead atoms. The molecule has 0 radical (unpaired) electrons. The van der Waals surface area contributed by atoms with Crippen LogP contribution in [-0.2, 0) is 21.2 Å². The smallest absolute Gasteiger partial charge is 0.229 e. The second-order valence-corrected chi connectivity index (χ2v) is 7.41. The number of rotatable bonds is 8. The molecule has 0 aromatic heterocycles. The van der Waals surface area contributed by atoms with Gasteiger partial charge < -0.3 is 14.8 Å². The van der Waals surface area contributed by atoms with Gasteiger partial charge in [0.15, 0.2) is 11.5 Å². The van der Waals surface area contributed by atoms with Gasteiger partial charge in [-0.05, 0) is 36.2 Å². The quantitative estimate of drug-likeness (QED) is 0.736. The summed E-state index contributed by atoms with van der Waals surface area (Å²) >= 11 is 0. The number of hydrogen-bond acceptors (Lipinski definition) is 5. The molecule has 0 fully saturated rings. The van der Waals surface area contributed by atoms with E-state index in [2.05, 4.69) is 10.0 Å². The number of carbonyl (C=O) groups is 1. The van der Waals surface area contributed by atoms with Gasteiger partial charge in [-0.1, -0.05) is 18.2 Å². The van der Waals surface area contributed by atoms with Crippen LogP contribution in [0.15, 0.2) is 42.5 Å². The highest BCUT2D eigenvalue weighted by Crippen LogP contribution is 2.28. The van der Waals surface area contributed by atoms with Crippen molar-refractivity contribution in [2.45, 2.75) is 12.8 Å². The van der Waals surface area contributed by atoms with E-state index >= 15 is 0 Å². The Hall–Kier alpha value is -2.74. The molecule has 0 heterocycles. The van der Waals surface area contributed by atoms with E-state index in [9.17, 15) is 13.2 Å². The van der Waals surface area contributed by atoms with Gasteiger partial charge in [-0.15, -0.1) is 0 Å². The zero-order valence-electron chi connectivity index (χ0n) is 14.9. The molecule has 0 aliphatic rings. The van der Waals surface area contributed by atoms with Crippen molar-refractivity contribution in [1.29, 1.82) is 0 Å². The predicted octanol–water partition coefficient (Wildman–Crippen LogP) is 2.65. The van der Waals surface area contributed by atoms with Gasteiger partial charge in [-0.3, -0.25) is 9.52 Å². The Kier molecular flexibility index (Phi) is 6.46. The van der Waals surface area contributed by atoms with Crippen LogP contribution in [0.1, 0.15) is 12.0 Å². The molecule has 0 unspecified atom stereocenters. The number of para-hydroxylation sites is 2. The highest BCUT2D eigenvalue weighted by molar-refractivity contribution is 7.92. The molecule has 0 spiro atoms. The Morgan fingerprint density at radius 2 is 1.65 bits per heavy atom. The van der Waals surface area contributed by atoms with Gasteiger partial charge in [0, 0.05) is 6.42 Å². The van der Waals surface area contributed by atoms with Crippen LogP contribution in [0.3, 0.4) is 0 Å². The lowest BCUT2D eigenvalue weighted by Crippen LogP contribution is -2.16. The zero-order chi connectivity index (χ0) is 19.2. The van der Waals surface area contributed by atoms with E-state index in [-0.39, 0.29) is 12.3 Å². The summed E-state index contributed by atoms with van der Waals surface area (Å²) in [6, 6.07) is 12.1. The van der Waals surface area contributed by atoms with Gasteiger partial charge in [0.2, 0.25) is 15.9 Å². The van der Waals surface area contributed by atoms with Crippen LogP contribution in [0, 0.1) is 0 Å². The van der Waals surface area contributed by atoms with Crippen LogP contribution < -0.4 is 19.5 Å². The first-order chi connectivity index (χ1) is 12.3. The number of nitrogens with one attached hydrogen (secondary N) is 2. The molecule has 2 rings (SSSR count). The number of methoxy groups -OCH3 is 2. The Morgan fingerprint density at radius 3 is 2.27 bits per heavy atom. The fourth-order valence-corrected chi connectivity index (χ4v) is 2.97. The SMILES string of the molecule is COc1ccc(CCC(=O)Nc2ccccc2NS(C)(=O)=O)cc1OC. The van der Waals surface area contributed by atoms with E-state index in [0.29, 0.717) is 29.3 Å². The molecule has 0 aliphatic carbocycles. The van der Waals surface area contributed by atoms with Crippen molar-refractivity contribution in [3.05, 3.63) is 48.0 Å². The Balaban J connectivity index is 2.02. The lowest BCUT2D eigenvalue weighted by atomic mass is 10.1. The molecule has 140 valence electrons. The second kappa shape index (κ2) is 8.57. The summed E-state index contributed by atoms with van der Waals surface area (Å²) in [4.78, 5) is 12.2. The maximum absolute atomic E-state index is 12.2. The minimum Gasteiger partial charge on any atom is -0.493 e. The van der Waals surface area contributed by atoms with Crippen LogP contribution in [0.2, 0.25) is 0 Å². The fourth-order valence-electron chi connectivity index (χ4n) is 2.39. The summed E-state index contributed by atoms with van der Waals surface area (Å²) in [6.07, 6.45) is 1.80. The number of hydrogen-bond donors (Lipinski definition) is 2. The zero-order valence-corrected chi connectivity index (χ0v) is 15.7. The third-order valence-corrected chi connectivity index (χ3v) is 4.18. The van der Waals surface area contributed by atoms with Crippen LogP contribution in [-0.4, -0.2) is 34.8 Å². The molecule has 1 amide bonds. The maximum Gasteiger partial charge on any atom is 0.229 e. The lowest BCUT2D eigenvalue weighted by Gasteiger charge is -2.12. The summed E-state index contributed by atoms with van der Waals surface area (Å²) in [5, 5.41) is 2.73. The monoisotopic (exact) mass is 378 g/mol. The van der Waals surface area contributed by atoms with Gasteiger partial charge in [-0.2, -0.15) is 0 Å². The number of carbonyl (C=O) groups excluding carboxylic acids is 1. The normalized spacial score (nSPS) is 10.9. The van der Waals surface area contributed by atoms with E-state index in [1.165, 1.54) is 0 Å². The molecular weight excluding hydrogens is 356 g/mol. The molecule has 8 heteroatoms. The van der Waals surface area contributed by atoms with Crippen molar-refractivity contribution in [2.75, 3.05) is 30.5 Å². The third kappa shape index (κ3) is 5.66. The molecule has 2 aromatic carbocycles. The van der Waals surface area contributed by atoms with Gasteiger partial charge in [0.25, 0.3) is 0 Å². The molecule has 0 saturated heterocycles. The molecule has 0 saturated carbocycles. The number of anilines is 2. The summed E-state index contributed by atoms with van der Waals surface area (Å²) < 4.78 is 35.7. The standard InChI is InChI=1S/C18H22N2O5S/c1-24-16-10-8-13(12-17(16)25-2)9-11-18(21)19-14-6-4-5-7-15(14)20-26(3,22)23/h4-8,10,12,20H,9,11H2,1-3H3,(H,19,21). The number of ether oxygens (including phenoxy) is 2. The molecule has 0 aliphatic heterocycles. The van der Waals surface area contributed by atoms with E-state index in [1.807, 2.05) is 12.1 Å². The Labute approximate surface area is 153 Å². The average molecular weight is 378 g/mol. The van der Waals surface area contributed by atoms with Crippen molar-refractivity contribution >= 4 is 27.3 Å². The molecular formula is C18H22N2O5S. The third-order valence-electron chi connectivity index (χ3n) is 3.59. The topological polar surface area (TPSA) is 93.7 Å². The fraction of sp³-hybridized carbons (Fsp3) is 0.278. The molecule has 2 N–H and O–H groups in total. The van der Waals surface area contributed by atoms with Crippen LogP contribution in [0.4, 0.5) is 11.4 Å². The van der Waals surface area contributed by atoms with E-state index < -0.39 is 10.0 Å². The number of sulfonamides is 1. The predicted molar refractivity (Wildman–Crippen MR) is 101 cm³/mol. The first-order valence-corrected chi connectivity index (χ1v) is 9.79. The summed E-state index contributed by atoms with van der Waals surface area (Å²) in [5.74, 6) is 1.01. The molecule has 2 aromatic rings. The van der Waals surface area contributed by atoms with E-state index in [0.717, 1.165) is 11.8 Å². The van der Waals surface area contributed by atoms with Gasteiger partial charge >= 0.3 is 0 Å². The van der Waals surface area contributed by atoms with Crippen LogP contribution in [0.25, 0.3) is 0 Å². The van der Waals surface area contributed by atoms with Gasteiger partial charge in [0.1, 0.15) is 0 Å². The van der Waals surface area contributed by atoms with E-state index in [1.54, 1.807) is 44.6 Å². The van der Waals surface area contributed by atoms with Crippen molar-refractivity contribution in [3.8, 4) is 11.5 Å². The highest BCUT2D eigenvalue weighted by Gasteiger charge is 2.11. The van der Waals surface area contributed by atoms with Gasteiger partial charge in [-0.25, -0.2) is 8.42 Å². The first kappa shape index (κ1) is 19.6. The minimum atomic E-state index is -3.43. The highest BCUT2D eigenvalue weighted by atomic mass is 32.2. The van der Waals surface area contributed by atoms with Crippen molar-refractivity contribution in [2.24, 2.45) is 0 Å². The summed E-state index contributed by atoms with van der Waals surface area (Å²) in [5.41, 5.74) is 1.67. The lowest BCUT2D eigenvalue weighted by molar-refractivity contribution is -0.116. The molecule has 0 atom stereocenters. The van der Waals surface area contributed by atoms with Crippen molar-refractivity contribution < 1.29 is 22.7 Å². The van der Waals surface area contributed by atoms with Crippen molar-refractivity contribution in [1.82, 2.24) is 0 Å². The number of amides is 1. The maximum atomic E-state index is 12.2. The molecule has 7 nitrogen and oxygen atoms in total. The van der Waals surface area contributed by atoms with Gasteiger partial charge in [0.05, 0.1) is 31.9 Å². The Morgan fingerprint density at radius 1 is 1.00 bits per heavy atom. The Bertz CT molecular complexity index is 881. The second-order valence-electron chi connectivity index (χ2n) is 5.66. The minimum absolute atomic E-state index is 0.220. The number of aryl methyl sites for hydroxylation is 1.